The minimum absolute atomic E-state index is 0.0499. The molecule has 28 heavy (non-hydrogen) atoms. The van der Waals surface area contributed by atoms with Gasteiger partial charge in [0.25, 0.3) is 5.91 Å². The first-order chi connectivity index (χ1) is 13.7. The van der Waals surface area contributed by atoms with Crippen molar-refractivity contribution in [2.75, 3.05) is 13.2 Å². The van der Waals surface area contributed by atoms with Gasteiger partial charge in [0.15, 0.2) is 11.5 Å². The Balaban J connectivity index is 1.62. The lowest BCUT2D eigenvalue weighted by Gasteiger charge is -2.20. The van der Waals surface area contributed by atoms with Gasteiger partial charge in [-0.05, 0) is 48.7 Å². The Hall–Kier alpha value is -2.79. The van der Waals surface area contributed by atoms with Crippen molar-refractivity contribution in [2.45, 2.75) is 25.8 Å². The summed E-state index contributed by atoms with van der Waals surface area (Å²) in [4.78, 5) is 14.7. The molecule has 0 saturated carbocycles. The van der Waals surface area contributed by atoms with Crippen molar-refractivity contribution in [2.24, 2.45) is 0 Å². The van der Waals surface area contributed by atoms with Crippen molar-refractivity contribution in [3.63, 3.8) is 0 Å². The average molecular weight is 394 g/mol. The first-order valence-electron chi connectivity index (χ1n) is 9.50. The maximum atomic E-state index is 12.8. The summed E-state index contributed by atoms with van der Waals surface area (Å²) in [5.74, 6) is 1.46. The van der Waals surface area contributed by atoms with E-state index in [0.29, 0.717) is 19.6 Å². The topological polar surface area (TPSA) is 47.6 Å². The molecule has 1 aliphatic rings. The highest BCUT2D eigenvalue weighted by Crippen LogP contribution is 2.33. The van der Waals surface area contributed by atoms with Crippen LogP contribution >= 0.6 is 11.3 Å². The fourth-order valence-corrected chi connectivity index (χ4v) is 4.06. The first kappa shape index (κ1) is 18.6. The van der Waals surface area contributed by atoms with E-state index in [2.05, 4.69) is 17.4 Å². The molecule has 0 radical (unpaired) electrons. The zero-order chi connectivity index (χ0) is 19.3. The SMILES string of the molecule is Cc1ccc(C(=O)NC(Cc2ccccc2)c2ccc3c(c2)OCCCO3)s1. The summed E-state index contributed by atoms with van der Waals surface area (Å²) in [5, 5.41) is 3.21. The maximum absolute atomic E-state index is 12.8. The minimum atomic E-state index is -0.158. The molecule has 5 heteroatoms. The number of nitrogens with one attached hydrogen (secondary N) is 1. The molecule has 1 atom stereocenters. The molecular weight excluding hydrogens is 370 g/mol. The van der Waals surface area contributed by atoms with Gasteiger partial charge in [-0.1, -0.05) is 36.4 Å². The van der Waals surface area contributed by atoms with E-state index in [0.717, 1.165) is 33.2 Å². The maximum Gasteiger partial charge on any atom is 0.261 e. The molecule has 144 valence electrons. The van der Waals surface area contributed by atoms with Crippen LogP contribution in [0.3, 0.4) is 0 Å². The van der Waals surface area contributed by atoms with Gasteiger partial charge in [0, 0.05) is 11.3 Å². The molecule has 1 aliphatic heterocycles. The van der Waals surface area contributed by atoms with Crippen LogP contribution in [0.5, 0.6) is 11.5 Å². The van der Waals surface area contributed by atoms with Crippen molar-refractivity contribution in [1.29, 1.82) is 0 Å². The van der Waals surface area contributed by atoms with Crippen LogP contribution in [0.1, 0.15) is 38.1 Å². The molecule has 1 aromatic heterocycles. The summed E-state index contributed by atoms with van der Waals surface area (Å²) in [6, 6.07) is 19.8. The van der Waals surface area contributed by atoms with E-state index in [4.69, 9.17) is 9.47 Å². The third-order valence-corrected chi connectivity index (χ3v) is 5.73. The minimum Gasteiger partial charge on any atom is -0.490 e. The Morgan fingerprint density at radius 2 is 1.82 bits per heavy atom. The van der Waals surface area contributed by atoms with Gasteiger partial charge in [-0.25, -0.2) is 0 Å². The van der Waals surface area contributed by atoms with Gasteiger partial charge >= 0.3 is 0 Å². The van der Waals surface area contributed by atoms with E-state index in [1.54, 1.807) is 0 Å². The normalized spacial score (nSPS) is 14.2. The Morgan fingerprint density at radius 1 is 1.04 bits per heavy atom. The average Bonchev–Trinajstić information content (AvgIpc) is 3.01. The van der Waals surface area contributed by atoms with E-state index in [1.807, 2.05) is 55.5 Å². The number of ether oxygens (including phenoxy) is 2. The highest BCUT2D eigenvalue weighted by Gasteiger charge is 2.20. The number of carbonyl (C=O) groups is 1. The highest BCUT2D eigenvalue weighted by atomic mass is 32.1. The third kappa shape index (κ3) is 4.37. The lowest BCUT2D eigenvalue weighted by atomic mass is 9.98. The van der Waals surface area contributed by atoms with Crippen molar-refractivity contribution in [3.8, 4) is 11.5 Å². The van der Waals surface area contributed by atoms with Crippen LogP contribution in [0, 0.1) is 6.92 Å². The number of carbonyl (C=O) groups excluding carboxylic acids is 1. The van der Waals surface area contributed by atoms with Crippen LogP contribution in [0.2, 0.25) is 0 Å². The Labute approximate surface area is 169 Å². The highest BCUT2D eigenvalue weighted by molar-refractivity contribution is 7.13. The van der Waals surface area contributed by atoms with Gasteiger partial charge in [0.1, 0.15) is 0 Å². The molecule has 0 bridgehead atoms. The molecule has 1 N–H and O–H groups in total. The molecule has 0 spiro atoms. The van der Waals surface area contributed by atoms with E-state index < -0.39 is 0 Å². The number of benzene rings is 2. The van der Waals surface area contributed by atoms with Crippen molar-refractivity contribution in [3.05, 3.63) is 81.5 Å². The number of aryl methyl sites for hydroxylation is 1. The molecule has 3 aromatic rings. The van der Waals surface area contributed by atoms with Crippen LogP contribution in [0.25, 0.3) is 0 Å². The van der Waals surface area contributed by atoms with Gasteiger partial charge in [-0.2, -0.15) is 0 Å². The molecule has 0 aliphatic carbocycles. The second-order valence-corrected chi connectivity index (χ2v) is 8.17. The lowest BCUT2D eigenvalue weighted by Crippen LogP contribution is -2.29. The monoisotopic (exact) mass is 393 g/mol. The van der Waals surface area contributed by atoms with Crippen molar-refractivity contribution in [1.82, 2.24) is 5.32 Å². The predicted molar refractivity (Wildman–Crippen MR) is 111 cm³/mol. The quantitative estimate of drug-likeness (QED) is 0.668. The van der Waals surface area contributed by atoms with Gasteiger partial charge in [-0.15, -0.1) is 11.3 Å². The summed E-state index contributed by atoms with van der Waals surface area (Å²) in [6.07, 6.45) is 1.57. The largest absolute Gasteiger partial charge is 0.490 e. The summed E-state index contributed by atoms with van der Waals surface area (Å²) in [6.45, 7) is 3.31. The number of rotatable bonds is 5. The van der Waals surface area contributed by atoms with Crippen LogP contribution in [0.4, 0.5) is 0 Å². The second-order valence-electron chi connectivity index (χ2n) is 6.88. The van der Waals surface area contributed by atoms with Crippen LogP contribution < -0.4 is 14.8 Å². The number of hydrogen-bond donors (Lipinski definition) is 1. The van der Waals surface area contributed by atoms with Crippen LogP contribution in [-0.4, -0.2) is 19.1 Å². The Kier molecular flexibility index (Phi) is 5.63. The zero-order valence-corrected chi connectivity index (χ0v) is 16.6. The van der Waals surface area contributed by atoms with E-state index >= 15 is 0 Å². The van der Waals surface area contributed by atoms with Gasteiger partial charge in [0.05, 0.1) is 24.1 Å². The second kappa shape index (κ2) is 8.48. The first-order valence-corrected chi connectivity index (χ1v) is 10.3. The molecule has 1 unspecified atom stereocenters. The molecule has 4 rings (SSSR count). The van der Waals surface area contributed by atoms with Gasteiger partial charge in [0.2, 0.25) is 0 Å². The third-order valence-electron chi connectivity index (χ3n) is 4.73. The van der Waals surface area contributed by atoms with E-state index in [-0.39, 0.29) is 11.9 Å². The fraction of sp³-hybridized carbons (Fsp3) is 0.261. The lowest BCUT2D eigenvalue weighted by molar-refractivity contribution is 0.0940. The number of hydrogen-bond acceptors (Lipinski definition) is 4. The summed E-state index contributed by atoms with van der Waals surface area (Å²) in [5.41, 5.74) is 2.18. The molecule has 1 amide bonds. The van der Waals surface area contributed by atoms with Crippen LogP contribution in [0.15, 0.2) is 60.7 Å². The molecule has 4 nitrogen and oxygen atoms in total. The summed E-state index contributed by atoms with van der Waals surface area (Å²) >= 11 is 1.51. The molecule has 2 aromatic carbocycles. The molecule has 0 fully saturated rings. The summed E-state index contributed by atoms with van der Waals surface area (Å²) in [7, 11) is 0. The van der Waals surface area contributed by atoms with Crippen molar-refractivity contribution < 1.29 is 14.3 Å². The molecule has 2 heterocycles. The Bertz CT molecular complexity index is 951. The van der Waals surface area contributed by atoms with Gasteiger partial charge in [-0.3, -0.25) is 4.79 Å². The smallest absolute Gasteiger partial charge is 0.261 e. The predicted octanol–water partition coefficient (Wildman–Crippen LogP) is 4.93. The number of thiophene rings is 1. The van der Waals surface area contributed by atoms with Crippen LogP contribution in [-0.2, 0) is 6.42 Å². The number of fused-ring (bicyclic) bond motifs is 1. The van der Waals surface area contributed by atoms with E-state index in [9.17, 15) is 4.79 Å². The standard InChI is InChI=1S/C23H23NO3S/c1-16-8-11-22(28-16)23(25)24-19(14-17-6-3-2-4-7-17)18-9-10-20-21(15-18)27-13-5-12-26-20/h2-4,6-11,15,19H,5,12-14H2,1H3,(H,24,25). The molecular formula is C23H23NO3S. The molecule has 0 saturated heterocycles. The fourth-order valence-electron chi connectivity index (χ4n) is 3.28. The summed E-state index contributed by atoms with van der Waals surface area (Å²) < 4.78 is 11.6. The van der Waals surface area contributed by atoms with E-state index in [1.165, 1.54) is 16.9 Å². The van der Waals surface area contributed by atoms with Crippen molar-refractivity contribution >= 4 is 17.2 Å². The Morgan fingerprint density at radius 3 is 2.57 bits per heavy atom. The van der Waals surface area contributed by atoms with Gasteiger partial charge < -0.3 is 14.8 Å². The number of amides is 1. The zero-order valence-electron chi connectivity index (χ0n) is 15.8.